The van der Waals surface area contributed by atoms with Gasteiger partial charge in [-0.15, -0.1) is 0 Å². The van der Waals surface area contributed by atoms with E-state index >= 15 is 0 Å². The lowest BCUT2D eigenvalue weighted by molar-refractivity contribution is -0.384. The van der Waals surface area contributed by atoms with E-state index in [2.05, 4.69) is 4.90 Å². The van der Waals surface area contributed by atoms with Gasteiger partial charge in [0.1, 0.15) is 5.76 Å². The molecule has 0 aromatic heterocycles. The molecule has 0 saturated carbocycles. The highest BCUT2D eigenvalue weighted by Gasteiger charge is 2.46. The van der Waals surface area contributed by atoms with E-state index in [-0.39, 0.29) is 23.6 Å². The summed E-state index contributed by atoms with van der Waals surface area (Å²) in [4.78, 5) is 40.1. The number of nitro benzene ring substituents is 1. The van der Waals surface area contributed by atoms with E-state index in [9.17, 15) is 24.8 Å². The predicted octanol–water partition coefficient (Wildman–Crippen LogP) is 2.35. The largest absolute Gasteiger partial charge is 0.507 e. The Kier molecular flexibility index (Phi) is 6.29. The van der Waals surface area contributed by atoms with Gasteiger partial charge in [-0.3, -0.25) is 24.6 Å². The van der Waals surface area contributed by atoms with Crippen molar-refractivity contribution in [2.24, 2.45) is 0 Å². The minimum Gasteiger partial charge on any atom is -0.507 e. The Balaban J connectivity index is 1.73. The molecular weight excluding hydrogens is 414 g/mol. The summed E-state index contributed by atoms with van der Waals surface area (Å²) in [6.45, 7) is 3.51. The van der Waals surface area contributed by atoms with E-state index in [4.69, 9.17) is 4.74 Å². The quantitative estimate of drug-likeness (QED) is 0.243. The molecule has 9 nitrogen and oxygen atoms in total. The van der Waals surface area contributed by atoms with Gasteiger partial charge >= 0.3 is 0 Å². The first-order valence-electron chi connectivity index (χ1n) is 10.4. The summed E-state index contributed by atoms with van der Waals surface area (Å²) in [6, 6.07) is 13.4. The molecule has 1 unspecified atom stereocenters. The van der Waals surface area contributed by atoms with Crippen molar-refractivity contribution >= 4 is 23.1 Å². The summed E-state index contributed by atoms with van der Waals surface area (Å²) in [7, 11) is 0. The van der Waals surface area contributed by atoms with Gasteiger partial charge in [0.05, 0.1) is 29.8 Å². The third-order valence-corrected chi connectivity index (χ3v) is 5.77. The van der Waals surface area contributed by atoms with E-state index in [0.29, 0.717) is 30.9 Å². The maximum atomic E-state index is 13.0. The second-order valence-corrected chi connectivity index (χ2v) is 7.66. The molecule has 0 bridgehead atoms. The Morgan fingerprint density at radius 3 is 2.31 bits per heavy atom. The van der Waals surface area contributed by atoms with Crippen molar-refractivity contribution in [3.05, 3.63) is 81.4 Å². The lowest BCUT2D eigenvalue weighted by Gasteiger charge is -2.31. The SMILES string of the molecule is O=C1C(=O)N(CCN2CCOCC2)C(c2ccc([N+](=O)[O-])cc2)/C1=C(/O)c1ccccc1. The van der Waals surface area contributed by atoms with E-state index in [1.165, 1.54) is 29.2 Å². The Hall–Kier alpha value is -3.56. The van der Waals surface area contributed by atoms with Crippen LogP contribution in [0.5, 0.6) is 0 Å². The summed E-state index contributed by atoms with van der Waals surface area (Å²) >= 11 is 0. The van der Waals surface area contributed by atoms with Gasteiger partial charge in [0.2, 0.25) is 0 Å². The van der Waals surface area contributed by atoms with Crippen LogP contribution in [-0.4, -0.2) is 70.9 Å². The number of hydrogen-bond acceptors (Lipinski definition) is 7. The van der Waals surface area contributed by atoms with Gasteiger partial charge in [0.15, 0.2) is 0 Å². The van der Waals surface area contributed by atoms with Crippen molar-refractivity contribution in [2.45, 2.75) is 6.04 Å². The molecule has 166 valence electrons. The third-order valence-electron chi connectivity index (χ3n) is 5.77. The van der Waals surface area contributed by atoms with Crippen molar-refractivity contribution in [3.63, 3.8) is 0 Å². The number of nitro groups is 1. The monoisotopic (exact) mass is 437 g/mol. The van der Waals surface area contributed by atoms with Crippen LogP contribution in [0.3, 0.4) is 0 Å². The van der Waals surface area contributed by atoms with Gasteiger partial charge in [-0.05, 0) is 17.7 Å². The number of ether oxygens (including phenoxy) is 1. The molecule has 2 aliphatic heterocycles. The molecule has 1 amide bonds. The lowest BCUT2D eigenvalue weighted by atomic mass is 9.95. The van der Waals surface area contributed by atoms with Crippen molar-refractivity contribution in [1.29, 1.82) is 0 Å². The van der Waals surface area contributed by atoms with Crippen LogP contribution in [0.1, 0.15) is 17.2 Å². The standard InChI is InChI=1S/C23H23N3O6/c27-21(17-4-2-1-3-5-17)19-20(16-6-8-18(9-7-16)26(30)31)25(23(29)22(19)28)11-10-24-12-14-32-15-13-24/h1-9,20,27H,10-15H2/b21-19-. The number of carbonyl (C=O) groups excluding carboxylic acids is 2. The number of amides is 1. The van der Waals surface area contributed by atoms with Crippen LogP contribution in [0, 0.1) is 10.1 Å². The number of aliphatic hydroxyl groups excluding tert-OH is 1. The zero-order valence-corrected chi connectivity index (χ0v) is 17.3. The molecule has 2 aromatic carbocycles. The summed E-state index contributed by atoms with van der Waals surface area (Å²) in [5.41, 5.74) is 0.832. The number of rotatable bonds is 6. The first-order valence-corrected chi connectivity index (χ1v) is 10.4. The van der Waals surface area contributed by atoms with Crippen molar-refractivity contribution in [3.8, 4) is 0 Å². The van der Waals surface area contributed by atoms with E-state index in [1.54, 1.807) is 30.3 Å². The smallest absolute Gasteiger partial charge is 0.295 e. The Morgan fingerprint density at radius 2 is 1.69 bits per heavy atom. The first-order chi connectivity index (χ1) is 15.5. The fourth-order valence-electron chi connectivity index (χ4n) is 4.06. The van der Waals surface area contributed by atoms with Crippen LogP contribution in [0.4, 0.5) is 5.69 Å². The maximum Gasteiger partial charge on any atom is 0.295 e. The lowest BCUT2D eigenvalue weighted by Crippen LogP contribution is -2.42. The summed E-state index contributed by atoms with van der Waals surface area (Å²) in [6.07, 6.45) is 0. The van der Waals surface area contributed by atoms with Gasteiger partial charge in [-0.25, -0.2) is 0 Å². The number of carbonyl (C=O) groups is 2. The molecular formula is C23H23N3O6. The molecule has 0 aliphatic carbocycles. The van der Waals surface area contributed by atoms with Gasteiger partial charge in [0, 0.05) is 43.9 Å². The fraction of sp³-hybridized carbons (Fsp3) is 0.304. The highest BCUT2D eigenvalue weighted by Crippen LogP contribution is 2.39. The zero-order valence-electron chi connectivity index (χ0n) is 17.3. The van der Waals surface area contributed by atoms with E-state index in [0.717, 1.165) is 13.1 Å². The second kappa shape index (κ2) is 9.29. The minimum atomic E-state index is -0.836. The number of benzene rings is 2. The Bertz CT molecular complexity index is 1050. The number of ketones is 1. The van der Waals surface area contributed by atoms with E-state index in [1.807, 2.05) is 0 Å². The van der Waals surface area contributed by atoms with Crippen molar-refractivity contribution in [1.82, 2.24) is 9.80 Å². The molecule has 4 rings (SSSR count). The number of morpholine rings is 1. The molecule has 1 atom stereocenters. The summed E-state index contributed by atoms with van der Waals surface area (Å²) in [5, 5.41) is 22.0. The highest BCUT2D eigenvalue weighted by atomic mass is 16.6. The number of aliphatic hydroxyl groups is 1. The molecule has 32 heavy (non-hydrogen) atoms. The molecule has 1 N–H and O–H groups in total. The van der Waals surface area contributed by atoms with Crippen LogP contribution >= 0.6 is 0 Å². The predicted molar refractivity (Wildman–Crippen MR) is 116 cm³/mol. The van der Waals surface area contributed by atoms with Gasteiger partial charge < -0.3 is 14.7 Å². The van der Waals surface area contributed by atoms with Gasteiger partial charge in [-0.2, -0.15) is 0 Å². The maximum absolute atomic E-state index is 13.0. The molecule has 2 heterocycles. The van der Waals surface area contributed by atoms with Crippen LogP contribution < -0.4 is 0 Å². The number of hydrogen-bond donors (Lipinski definition) is 1. The fourth-order valence-corrected chi connectivity index (χ4v) is 4.06. The average Bonchev–Trinajstić information content (AvgIpc) is 3.08. The van der Waals surface area contributed by atoms with E-state index < -0.39 is 22.7 Å². The molecule has 2 fully saturated rings. The van der Waals surface area contributed by atoms with Crippen molar-refractivity contribution in [2.75, 3.05) is 39.4 Å². The van der Waals surface area contributed by atoms with Crippen LogP contribution in [0.2, 0.25) is 0 Å². The number of Topliss-reactive ketones (excluding diaryl/α,β-unsaturated/α-hetero) is 1. The minimum absolute atomic E-state index is 0.0166. The summed E-state index contributed by atoms with van der Waals surface area (Å²) in [5.74, 6) is -1.73. The topological polar surface area (TPSA) is 113 Å². The number of non-ortho nitro benzene ring substituents is 1. The molecule has 2 saturated heterocycles. The van der Waals surface area contributed by atoms with Crippen LogP contribution in [0.25, 0.3) is 5.76 Å². The molecule has 2 aromatic rings. The summed E-state index contributed by atoms with van der Waals surface area (Å²) < 4.78 is 5.36. The van der Waals surface area contributed by atoms with Gasteiger partial charge in [0.25, 0.3) is 17.4 Å². The molecule has 0 spiro atoms. The third kappa shape index (κ3) is 4.25. The first kappa shape index (κ1) is 21.7. The number of likely N-dealkylation sites (tertiary alicyclic amines) is 1. The highest BCUT2D eigenvalue weighted by molar-refractivity contribution is 6.46. The number of nitrogens with zero attached hydrogens (tertiary/aromatic N) is 3. The normalized spacial score (nSPS) is 21.1. The van der Waals surface area contributed by atoms with Crippen LogP contribution in [-0.2, 0) is 14.3 Å². The van der Waals surface area contributed by atoms with Gasteiger partial charge in [-0.1, -0.05) is 30.3 Å². The average molecular weight is 437 g/mol. The van der Waals surface area contributed by atoms with Crippen molar-refractivity contribution < 1.29 is 24.4 Å². The molecule has 0 radical (unpaired) electrons. The van der Waals surface area contributed by atoms with Crippen LogP contribution in [0.15, 0.2) is 60.2 Å². The Labute approximate surface area is 184 Å². The Morgan fingerprint density at radius 1 is 1.03 bits per heavy atom. The second-order valence-electron chi connectivity index (χ2n) is 7.66. The zero-order chi connectivity index (χ0) is 22.7. The molecule has 9 heteroatoms. The molecule has 2 aliphatic rings.